The van der Waals surface area contributed by atoms with Crippen LogP contribution in [0.3, 0.4) is 0 Å². The van der Waals surface area contributed by atoms with E-state index in [1.807, 2.05) is 4.61 Å². The second-order valence-corrected chi connectivity index (χ2v) is 4.33. The molecule has 1 heterocycles. The maximum atomic E-state index is 5.99. The number of hydrogen-bond donors (Lipinski definition) is 0. The number of likely N-dealkylation sites (N-methyl/N-ethyl adjacent to an activating group) is 1. The van der Waals surface area contributed by atoms with Gasteiger partial charge in [-0.25, -0.2) is 0 Å². The molecule has 0 spiro atoms. The van der Waals surface area contributed by atoms with E-state index < -0.39 is 0 Å². The molecule has 15 heavy (non-hydrogen) atoms. The number of nitrogens with zero attached hydrogens (tertiary/aromatic N) is 1. The van der Waals surface area contributed by atoms with Gasteiger partial charge in [0.15, 0.2) is 0 Å². The molecule has 0 N–H and O–H groups in total. The van der Waals surface area contributed by atoms with Crippen molar-refractivity contribution >= 4 is 10.3 Å². The molecule has 0 fully saturated rings. The average molecular weight is 290 g/mol. The Morgan fingerprint density at radius 3 is 3.07 bits per heavy atom. The molecule has 0 bridgehead atoms. The van der Waals surface area contributed by atoms with Gasteiger partial charge in [0.25, 0.3) is 0 Å². The van der Waals surface area contributed by atoms with Gasteiger partial charge in [0.05, 0.1) is 0 Å². The Kier molecular flexibility index (Phi) is 3.20. The zero-order valence-electron chi connectivity index (χ0n) is 9.01. The van der Waals surface area contributed by atoms with E-state index in [1.165, 1.54) is 5.69 Å². The summed E-state index contributed by atoms with van der Waals surface area (Å²) >= 11 is 2.54. The van der Waals surface area contributed by atoms with E-state index in [2.05, 4.69) is 54.9 Å². The summed E-state index contributed by atoms with van der Waals surface area (Å²) in [4.78, 5) is 2.27. The van der Waals surface area contributed by atoms with Crippen molar-refractivity contribution in [2.24, 2.45) is 0 Å². The topological polar surface area (TPSA) is 12.5 Å². The molecule has 1 unspecified atom stereocenters. The molecule has 1 aromatic rings. The molecule has 2 rings (SSSR count). The summed E-state index contributed by atoms with van der Waals surface area (Å²) < 4.78 is 8.02. The normalized spacial score (nSPS) is 19.3. The summed E-state index contributed by atoms with van der Waals surface area (Å²) in [6.45, 7) is 3.14. The number of anilines is 1. The summed E-state index contributed by atoms with van der Waals surface area (Å²) in [6, 6.07) is 6.27. The fourth-order valence-corrected chi connectivity index (χ4v) is 2.27. The van der Waals surface area contributed by atoms with E-state index in [0.29, 0.717) is 6.10 Å². The van der Waals surface area contributed by atoms with E-state index in [0.717, 1.165) is 24.3 Å². The first-order valence-corrected chi connectivity index (χ1v) is 6.19. The number of rotatable bonds is 2. The third-order valence-corrected chi connectivity index (χ3v) is 3.30. The molecule has 0 saturated carbocycles. The second-order valence-electron chi connectivity index (χ2n) is 3.83. The summed E-state index contributed by atoms with van der Waals surface area (Å²) in [6.07, 6.45) is 1.37. The van der Waals surface area contributed by atoms with Crippen LogP contribution in [0.1, 0.15) is 18.9 Å². The molecular weight excluding hydrogens is 275 g/mol. The van der Waals surface area contributed by atoms with Gasteiger partial charge in [-0.05, 0) is 0 Å². The Bertz CT molecular complexity index is 378. The molecule has 1 aromatic carbocycles. The molecule has 1 atom stereocenters. The predicted octanol–water partition coefficient (Wildman–Crippen LogP) is 1.99. The van der Waals surface area contributed by atoms with Gasteiger partial charge in [0.2, 0.25) is 0 Å². The van der Waals surface area contributed by atoms with Crippen LogP contribution in [0.15, 0.2) is 18.2 Å². The SMILES string of the molecule is CCC1CN(C)c2cccc([CH]=[Ru+])c2O1. The van der Waals surface area contributed by atoms with Crippen molar-refractivity contribution in [1.29, 1.82) is 0 Å². The molecule has 2 nitrogen and oxygen atoms in total. The summed E-state index contributed by atoms with van der Waals surface area (Å²) in [5, 5.41) is 0. The average Bonchev–Trinajstić information content (AvgIpc) is 2.28. The third-order valence-electron chi connectivity index (χ3n) is 2.76. The third kappa shape index (κ3) is 1.98. The van der Waals surface area contributed by atoms with Crippen LogP contribution in [0, 0.1) is 0 Å². The fraction of sp³-hybridized carbons (Fsp3) is 0.417. The van der Waals surface area contributed by atoms with Gasteiger partial charge in [-0.2, -0.15) is 0 Å². The van der Waals surface area contributed by atoms with E-state index in [1.54, 1.807) is 0 Å². The molecule has 81 valence electrons. The van der Waals surface area contributed by atoms with E-state index in [9.17, 15) is 0 Å². The van der Waals surface area contributed by atoms with Gasteiger partial charge in [-0.3, -0.25) is 0 Å². The fourth-order valence-electron chi connectivity index (χ4n) is 1.87. The Morgan fingerprint density at radius 1 is 1.60 bits per heavy atom. The molecule has 1 aliphatic rings. The van der Waals surface area contributed by atoms with Crippen LogP contribution in [0.4, 0.5) is 5.69 Å². The number of para-hydroxylation sites is 1. The van der Waals surface area contributed by atoms with Crippen molar-refractivity contribution in [3.8, 4) is 5.75 Å². The van der Waals surface area contributed by atoms with Crippen LogP contribution in [-0.2, 0) is 17.9 Å². The van der Waals surface area contributed by atoms with Crippen LogP contribution in [-0.4, -0.2) is 24.3 Å². The van der Waals surface area contributed by atoms with Gasteiger partial charge in [0.1, 0.15) is 0 Å². The van der Waals surface area contributed by atoms with Gasteiger partial charge >= 0.3 is 100 Å². The zero-order valence-corrected chi connectivity index (χ0v) is 10.7. The monoisotopic (exact) mass is 291 g/mol. The Balaban J connectivity index is 2.45. The molecule has 1 aliphatic heterocycles. The van der Waals surface area contributed by atoms with Crippen molar-refractivity contribution in [3.05, 3.63) is 23.8 Å². The number of ether oxygens (including phenoxy) is 1. The molecule has 3 heteroatoms. The predicted molar refractivity (Wildman–Crippen MR) is 59.6 cm³/mol. The van der Waals surface area contributed by atoms with Crippen molar-refractivity contribution in [2.75, 3.05) is 18.5 Å². The maximum absolute atomic E-state index is 5.99. The van der Waals surface area contributed by atoms with Gasteiger partial charge in [-0.15, -0.1) is 0 Å². The summed E-state index contributed by atoms with van der Waals surface area (Å²) in [5.74, 6) is 1.02. The van der Waals surface area contributed by atoms with Crippen LogP contribution in [0.5, 0.6) is 5.75 Å². The van der Waals surface area contributed by atoms with Gasteiger partial charge in [0, 0.05) is 0 Å². The number of benzene rings is 1. The molecule has 0 saturated heterocycles. The number of hydrogen-bond acceptors (Lipinski definition) is 2. The van der Waals surface area contributed by atoms with Crippen molar-refractivity contribution in [2.45, 2.75) is 19.4 Å². The Labute approximate surface area is 100 Å². The van der Waals surface area contributed by atoms with Crippen molar-refractivity contribution in [1.82, 2.24) is 0 Å². The molecular formula is C12H15NORu+. The zero-order chi connectivity index (χ0) is 10.8. The van der Waals surface area contributed by atoms with E-state index in [-0.39, 0.29) is 0 Å². The van der Waals surface area contributed by atoms with Crippen LogP contribution in [0.25, 0.3) is 0 Å². The second kappa shape index (κ2) is 4.44. The first kappa shape index (κ1) is 10.8. The summed E-state index contributed by atoms with van der Waals surface area (Å²) in [7, 11) is 2.12. The van der Waals surface area contributed by atoms with E-state index in [4.69, 9.17) is 4.74 Å². The van der Waals surface area contributed by atoms with Gasteiger partial charge < -0.3 is 0 Å². The molecule has 0 aromatic heterocycles. The first-order chi connectivity index (χ1) is 7.26. The van der Waals surface area contributed by atoms with Crippen molar-refractivity contribution < 1.29 is 22.6 Å². The minimum absolute atomic E-state index is 0.315. The minimum atomic E-state index is 0.315. The van der Waals surface area contributed by atoms with E-state index >= 15 is 0 Å². The first-order valence-electron chi connectivity index (χ1n) is 5.19. The van der Waals surface area contributed by atoms with Gasteiger partial charge in [-0.1, -0.05) is 0 Å². The Morgan fingerprint density at radius 2 is 2.40 bits per heavy atom. The van der Waals surface area contributed by atoms with Crippen molar-refractivity contribution in [3.63, 3.8) is 0 Å². The van der Waals surface area contributed by atoms with Crippen LogP contribution < -0.4 is 9.64 Å². The molecule has 0 aliphatic carbocycles. The standard InChI is InChI=1S/C12H15NO.Ru/c1-4-10-8-13(3)11-7-5-6-9(2)12(11)14-10;/h2,5-7,10H,4,8H2,1,3H3;/q;+1. The molecule has 0 amide bonds. The van der Waals surface area contributed by atoms with Crippen LogP contribution in [0.2, 0.25) is 0 Å². The summed E-state index contributed by atoms with van der Waals surface area (Å²) in [5.41, 5.74) is 2.35. The number of fused-ring (bicyclic) bond motifs is 1. The van der Waals surface area contributed by atoms with Crippen LogP contribution >= 0.6 is 0 Å². The Hall–Kier alpha value is -0.687. The quantitative estimate of drug-likeness (QED) is 0.772. The molecule has 0 radical (unpaired) electrons.